The van der Waals surface area contributed by atoms with Crippen molar-refractivity contribution >= 4 is 28.6 Å². The summed E-state index contributed by atoms with van der Waals surface area (Å²) in [5.41, 5.74) is 8.42. The number of nitrogens with one attached hydrogen (secondary N) is 1. The maximum atomic E-state index is 13.0. The highest BCUT2D eigenvalue weighted by Gasteiger charge is 2.07. The molecule has 0 aliphatic heterocycles. The highest BCUT2D eigenvalue weighted by molar-refractivity contribution is 7.80. The van der Waals surface area contributed by atoms with E-state index in [1.54, 1.807) is 18.3 Å². The molecule has 0 aliphatic rings. The van der Waals surface area contributed by atoms with E-state index in [0.29, 0.717) is 11.4 Å². The van der Waals surface area contributed by atoms with E-state index in [1.807, 2.05) is 13.0 Å². The first-order valence-corrected chi connectivity index (χ1v) is 5.77. The Bertz CT molecular complexity index is 599. The van der Waals surface area contributed by atoms with Crippen molar-refractivity contribution in [2.45, 2.75) is 6.92 Å². The standard InChI is InChI=1S/C13H12FN3S/c1-8-7-9(14)4-5-10(8)17-11-3-2-6-16-12(11)13(15)18/h2-7,17H,1H3,(H2,15,18). The number of benzene rings is 1. The highest BCUT2D eigenvalue weighted by atomic mass is 32.1. The predicted molar refractivity (Wildman–Crippen MR) is 74.5 cm³/mol. The van der Waals surface area contributed by atoms with Crippen molar-refractivity contribution in [1.29, 1.82) is 0 Å². The van der Waals surface area contributed by atoms with Gasteiger partial charge in [-0.15, -0.1) is 0 Å². The molecule has 1 heterocycles. The van der Waals surface area contributed by atoms with Crippen LogP contribution in [0.1, 0.15) is 11.3 Å². The number of nitrogens with two attached hydrogens (primary N) is 1. The monoisotopic (exact) mass is 261 g/mol. The van der Waals surface area contributed by atoms with Crippen LogP contribution < -0.4 is 11.1 Å². The van der Waals surface area contributed by atoms with Crippen LogP contribution in [-0.4, -0.2) is 9.97 Å². The Morgan fingerprint density at radius 1 is 1.33 bits per heavy atom. The minimum atomic E-state index is -0.265. The fraction of sp³-hybridized carbons (Fsp3) is 0.0769. The molecule has 0 fully saturated rings. The summed E-state index contributed by atoms with van der Waals surface area (Å²) in [7, 11) is 0. The Balaban J connectivity index is 2.37. The second-order valence-electron chi connectivity index (χ2n) is 3.85. The van der Waals surface area contributed by atoms with Crippen LogP contribution in [0.5, 0.6) is 0 Å². The second kappa shape index (κ2) is 5.10. The van der Waals surface area contributed by atoms with Crippen LogP contribution >= 0.6 is 12.2 Å². The Kier molecular flexibility index (Phi) is 3.53. The fourth-order valence-corrected chi connectivity index (χ4v) is 1.78. The molecule has 18 heavy (non-hydrogen) atoms. The molecule has 0 saturated heterocycles. The van der Waals surface area contributed by atoms with Crippen LogP contribution in [0.2, 0.25) is 0 Å². The minimum absolute atomic E-state index is 0.220. The number of aryl methyl sites for hydroxylation is 1. The molecular weight excluding hydrogens is 249 g/mol. The van der Waals surface area contributed by atoms with Crippen molar-refractivity contribution in [1.82, 2.24) is 4.98 Å². The number of anilines is 2. The zero-order valence-corrected chi connectivity index (χ0v) is 10.6. The lowest BCUT2D eigenvalue weighted by Gasteiger charge is -2.12. The zero-order valence-electron chi connectivity index (χ0n) is 9.77. The Morgan fingerprint density at radius 3 is 2.78 bits per heavy atom. The van der Waals surface area contributed by atoms with E-state index in [9.17, 15) is 4.39 Å². The zero-order chi connectivity index (χ0) is 13.1. The molecule has 0 radical (unpaired) electrons. The van der Waals surface area contributed by atoms with Gasteiger partial charge in [0.25, 0.3) is 0 Å². The molecule has 2 aromatic rings. The molecule has 1 aromatic carbocycles. The number of hydrogen-bond donors (Lipinski definition) is 2. The summed E-state index contributed by atoms with van der Waals surface area (Å²) >= 11 is 4.93. The van der Waals surface area contributed by atoms with Crippen molar-refractivity contribution in [3.05, 3.63) is 53.6 Å². The van der Waals surface area contributed by atoms with Gasteiger partial charge in [0.05, 0.1) is 5.69 Å². The van der Waals surface area contributed by atoms with Crippen LogP contribution in [0.3, 0.4) is 0 Å². The highest BCUT2D eigenvalue weighted by Crippen LogP contribution is 2.22. The van der Waals surface area contributed by atoms with Crippen molar-refractivity contribution in [2.24, 2.45) is 5.73 Å². The van der Waals surface area contributed by atoms with Gasteiger partial charge in [0.2, 0.25) is 0 Å². The second-order valence-corrected chi connectivity index (χ2v) is 4.29. The molecule has 0 atom stereocenters. The number of nitrogens with zero attached hydrogens (tertiary/aromatic N) is 1. The van der Waals surface area contributed by atoms with Gasteiger partial charge in [0.1, 0.15) is 16.5 Å². The largest absolute Gasteiger partial charge is 0.388 e. The van der Waals surface area contributed by atoms with Gasteiger partial charge in [0.15, 0.2) is 0 Å². The summed E-state index contributed by atoms with van der Waals surface area (Å²) in [5.74, 6) is -0.265. The van der Waals surface area contributed by atoms with Crippen LogP contribution in [0.15, 0.2) is 36.5 Å². The van der Waals surface area contributed by atoms with E-state index >= 15 is 0 Å². The number of hydrogen-bond acceptors (Lipinski definition) is 3. The number of aromatic nitrogens is 1. The van der Waals surface area contributed by atoms with Gasteiger partial charge in [-0.2, -0.15) is 0 Å². The Morgan fingerprint density at radius 2 is 2.11 bits per heavy atom. The van der Waals surface area contributed by atoms with E-state index in [-0.39, 0.29) is 10.8 Å². The molecular formula is C13H12FN3S. The SMILES string of the molecule is Cc1cc(F)ccc1Nc1cccnc1C(N)=S. The maximum absolute atomic E-state index is 13.0. The molecule has 0 unspecified atom stereocenters. The molecule has 3 N–H and O–H groups in total. The topological polar surface area (TPSA) is 50.9 Å². The summed E-state index contributed by atoms with van der Waals surface area (Å²) in [4.78, 5) is 4.34. The third-order valence-electron chi connectivity index (χ3n) is 2.50. The van der Waals surface area contributed by atoms with Crippen molar-refractivity contribution in [3.63, 3.8) is 0 Å². The van der Waals surface area contributed by atoms with Crippen LogP contribution in [0.4, 0.5) is 15.8 Å². The average molecular weight is 261 g/mol. The van der Waals surface area contributed by atoms with Gasteiger partial charge in [-0.05, 0) is 42.8 Å². The first-order valence-electron chi connectivity index (χ1n) is 5.36. The van der Waals surface area contributed by atoms with Gasteiger partial charge in [-0.3, -0.25) is 4.98 Å². The van der Waals surface area contributed by atoms with Gasteiger partial charge in [0, 0.05) is 11.9 Å². The smallest absolute Gasteiger partial charge is 0.124 e. The number of halogens is 1. The van der Waals surface area contributed by atoms with E-state index in [1.165, 1.54) is 12.1 Å². The van der Waals surface area contributed by atoms with Crippen LogP contribution in [0.25, 0.3) is 0 Å². The summed E-state index contributed by atoms with van der Waals surface area (Å²) in [6.07, 6.45) is 1.62. The van der Waals surface area contributed by atoms with Crippen molar-refractivity contribution in [3.8, 4) is 0 Å². The van der Waals surface area contributed by atoms with Gasteiger partial charge < -0.3 is 11.1 Å². The molecule has 3 nitrogen and oxygen atoms in total. The number of thiocarbonyl (C=S) groups is 1. The summed E-state index contributed by atoms with van der Waals surface area (Å²) in [6, 6.07) is 8.12. The lowest BCUT2D eigenvalue weighted by molar-refractivity contribution is 0.627. The third kappa shape index (κ3) is 2.62. The molecule has 0 saturated carbocycles. The Labute approximate surface area is 110 Å². The third-order valence-corrected chi connectivity index (χ3v) is 2.69. The number of pyridine rings is 1. The summed E-state index contributed by atoms with van der Waals surface area (Å²) in [6.45, 7) is 1.82. The molecule has 0 bridgehead atoms. The first-order chi connectivity index (χ1) is 8.58. The molecule has 0 aliphatic carbocycles. The quantitative estimate of drug-likeness (QED) is 0.834. The average Bonchev–Trinajstić information content (AvgIpc) is 2.33. The lowest BCUT2D eigenvalue weighted by Crippen LogP contribution is -2.14. The van der Waals surface area contributed by atoms with Crippen molar-refractivity contribution in [2.75, 3.05) is 5.32 Å². The minimum Gasteiger partial charge on any atom is -0.388 e. The molecule has 5 heteroatoms. The molecule has 2 rings (SSSR count). The molecule has 0 spiro atoms. The van der Waals surface area contributed by atoms with E-state index in [0.717, 1.165) is 11.3 Å². The van der Waals surface area contributed by atoms with E-state index < -0.39 is 0 Å². The lowest BCUT2D eigenvalue weighted by atomic mass is 10.2. The van der Waals surface area contributed by atoms with Gasteiger partial charge in [-0.25, -0.2) is 4.39 Å². The summed E-state index contributed by atoms with van der Waals surface area (Å²) < 4.78 is 13.0. The van der Waals surface area contributed by atoms with Crippen molar-refractivity contribution < 1.29 is 4.39 Å². The predicted octanol–water partition coefficient (Wildman–Crippen LogP) is 2.91. The first kappa shape index (κ1) is 12.4. The van der Waals surface area contributed by atoms with Gasteiger partial charge >= 0.3 is 0 Å². The number of rotatable bonds is 3. The van der Waals surface area contributed by atoms with Crippen LogP contribution in [-0.2, 0) is 0 Å². The Hall–Kier alpha value is -2.01. The van der Waals surface area contributed by atoms with Gasteiger partial charge in [-0.1, -0.05) is 12.2 Å². The van der Waals surface area contributed by atoms with E-state index in [2.05, 4.69) is 10.3 Å². The summed E-state index contributed by atoms with van der Waals surface area (Å²) in [5, 5.41) is 3.15. The maximum Gasteiger partial charge on any atom is 0.124 e. The molecule has 0 amide bonds. The normalized spacial score (nSPS) is 10.1. The van der Waals surface area contributed by atoms with Crippen LogP contribution in [0, 0.1) is 12.7 Å². The molecule has 92 valence electrons. The van der Waals surface area contributed by atoms with E-state index in [4.69, 9.17) is 18.0 Å². The fourth-order valence-electron chi connectivity index (χ4n) is 1.61. The molecule has 1 aromatic heterocycles.